The number of nitrogens with one attached hydrogen (secondary N) is 1. The van der Waals surface area contributed by atoms with Gasteiger partial charge in [0.25, 0.3) is 0 Å². The number of aliphatic carboxylic acids is 1. The molecule has 0 aromatic rings. The summed E-state index contributed by atoms with van der Waals surface area (Å²) < 4.78 is 0. The van der Waals surface area contributed by atoms with Crippen LogP contribution in [0.3, 0.4) is 0 Å². The van der Waals surface area contributed by atoms with Crippen molar-refractivity contribution in [3.63, 3.8) is 0 Å². The Morgan fingerprint density at radius 3 is 2.37 bits per heavy atom. The van der Waals surface area contributed by atoms with Gasteiger partial charge in [-0.25, -0.2) is 4.79 Å². The van der Waals surface area contributed by atoms with E-state index in [1.54, 1.807) is 4.90 Å². The summed E-state index contributed by atoms with van der Waals surface area (Å²) in [6.07, 6.45) is 3.30. The zero-order valence-corrected chi connectivity index (χ0v) is 12.2. The summed E-state index contributed by atoms with van der Waals surface area (Å²) in [6, 6.07) is -0.143. The number of urea groups is 1. The molecule has 0 aliphatic heterocycles. The number of nitrogens with zero attached hydrogens (tertiary/aromatic N) is 1. The van der Waals surface area contributed by atoms with Gasteiger partial charge in [0.05, 0.1) is 5.41 Å². The fourth-order valence-electron chi connectivity index (χ4n) is 2.29. The minimum Gasteiger partial charge on any atom is -0.481 e. The Labute approximate surface area is 115 Å². The van der Waals surface area contributed by atoms with E-state index >= 15 is 0 Å². The summed E-state index contributed by atoms with van der Waals surface area (Å²) in [7, 11) is 0. The molecule has 2 N–H and O–H groups in total. The molecule has 1 rings (SSSR count). The Kier molecular flexibility index (Phi) is 5.63. The smallest absolute Gasteiger partial charge is 0.317 e. The first-order valence-electron chi connectivity index (χ1n) is 7.21. The molecule has 1 aliphatic carbocycles. The molecule has 110 valence electrons. The monoisotopic (exact) mass is 270 g/mol. The van der Waals surface area contributed by atoms with Gasteiger partial charge in [-0.3, -0.25) is 4.79 Å². The number of carboxylic acid groups (broad SMARTS) is 1. The summed E-state index contributed by atoms with van der Waals surface area (Å²) in [4.78, 5) is 25.0. The Bertz CT molecular complexity index is 327. The van der Waals surface area contributed by atoms with Gasteiger partial charge in [0.1, 0.15) is 0 Å². The predicted octanol–water partition coefficient (Wildman–Crippen LogP) is 2.32. The maximum atomic E-state index is 12.1. The van der Waals surface area contributed by atoms with E-state index in [4.69, 9.17) is 0 Å². The number of hydrogen-bond donors (Lipinski definition) is 2. The van der Waals surface area contributed by atoms with Crippen molar-refractivity contribution in [1.29, 1.82) is 0 Å². The van der Waals surface area contributed by atoms with E-state index in [0.717, 1.165) is 19.4 Å². The second-order valence-electron chi connectivity index (χ2n) is 5.65. The lowest BCUT2D eigenvalue weighted by Crippen LogP contribution is -2.51. The molecular weight excluding hydrogens is 244 g/mol. The molecule has 1 unspecified atom stereocenters. The molecule has 1 fully saturated rings. The van der Waals surface area contributed by atoms with Crippen LogP contribution in [-0.2, 0) is 4.79 Å². The third kappa shape index (κ3) is 3.85. The van der Waals surface area contributed by atoms with Crippen LogP contribution in [0.25, 0.3) is 0 Å². The van der Waals surface area contributed by atoms with Gasteiger partial charge >= 0.3 is 12.0 Å². The van der Waals surface area contributed by atoms with Gasteiger partial charge in [0.15, 0.2) is 0 Å². The van der Waals surface area contributed by atoms with Crippen LogP contribution in [0.1, 0.15) is 46.5 Å². The average Bonchev–Trinajstić information content (AvgIpc) is 2.33. The summed E-state index contributed by atoms with van der Waals surface area (Å²) in [6.45, 7) is 7.77. The minimum atomic E-state index is -0.788. The molecule has 1 aliphatic rings. The number of hydrogen-bond acceptors (Lipinski definition) is 2. The van der Waals surface area contributed by atoms with Gasteiger partial charge in [0.2, 0.25) is 0 Å². The number of carbonyl (C=O) groups is 2. The molecule has 5 heteroatoms. The first kappa shape index (κ1) is 15.8. The average molecular weight is 270 g/mol. The zero-order chi connectivity index (χ0) is 14.5. The molecule has 0 bridgehead atoms. The maximum absolute atomic E-state index is 12.1. The van der Waals surface area contributed by atoms with Gasteiger partial charge in [-0.2, -0.15) is 0 Å². The minimum absolute atomic E-state index is 0.143. The molecule has 0 radical (unpaired) electrons. The third-order valence-corrected chi connectivity index (χ3v) is 4.24. The van der Waals surface area contributed by atoms with Crippen LogP contribution in [0.4, 0.5) is 4.79 Å². The van der Waals surface area contributed by atoms with E-state index in [1.807, 2.05) is 6.92 Å². The highest BCUT2D eigenvalue weighted by Crippen LogP contribution is 2.40. The molecule has 0 heterocycles. The lowest BCUT2D eigenvalue weighted by molar-refractivity contribution is -0.153. The number of rotatable bonds is 7. The first-order valence-corrected chi connectivity index (χ1v) is 7.21. The molecule has 0 saturated heterocycles. The van der Waals surface area contributed by atoms with Crippen molar-refractivity contribution >= 4 is 12.0 Å². The number of amides is 2. The molecule has 5 nitrogen and oxygen atoms in total. The normalized spacial score (nSPS) is 18.3. The standard InChI is InChI=1S/C14H26N2O3/c1-4-11(3)9-16(5-2)13(19)15-10-14(12(17)18)7-6-8-14/h11H,4-10H2,1-3H3,(H,15,19)(H,17,18). The zero-order valence-electron chi connectivity index (χ0n) is 12.2. The van der Waals surface area contributed by atoms with Crippen LogP contribution < -0.4 is 5.32 Å². The fourth-order valence-corrected chi connectivity index (χ4v) is 2.29. The van der Waals surface area contributed by atoms with E-state index in [0.29, 0.717) is 25.3 Å². The van der Waals surface area contributed by atoms with Crippen LogP contribution in [0.15, 0.2) is 0 Å². The number of carbonyl (C=O) groups excluding carboxylic acids is 1. The Morgan fingerprint density at radius 2 is 2.00 bits per heavy atom. The molecule has 1 atom stereocenters. The van der Waals surface area contributed by atoms with Gasteiger partial charge in [0, 0.05) is 19.6 Å². The second-order valence-corrected chi connectivity index (χ2v) is 5.65. The van der Waals surface area contributed by atoms with Crippen LogP contribution in [0.5, 0.6) is 0 Å². The van der Waals surface area contributed by atoms with Gasteiger partial charge in [-0.1, -0.05) is 26.7 Å². The van der Waals surface area contributed by atoms with E-state index in [2.05, 4.69) is 19.2 Å². The van der Waals surface area contributed by atoms with E-state index in [9.17, 15) is 14.7 Å². The quantitative estimate of drug-likeness (QED) is 0.746. The Hall–Kier alpha value is -1.26. The summed E-state index contributed by atoms with van der Waals surface area (Å²) in [5.74, 6) is -0.327. The second kappa shape index (κ2) is 6.78. The molecule has 0 spiro atoms. The number of carboxylic acids is 1. The van der Waals surface area contributed by atoms with Crippen LogP contribution in [0.2, 0.25) is 0 Å². The molecule has 0 aromatic heterocycles. The molecule has 19 heavy (non-hydrogen) atoms. The molecular formula is C14H26N2O3. The van der Waals surface area contributed by atoms with E-state index in [-0.39, 0.29) is 12.6 Å². The van der Waals surface area contributed by atoms with E-state index in [1.165, 1.54) is 0 Å². The highest BCUT2D eigenvalue weighted by atomic mass is 16.4. The van der Waals surface area contributed by atoms with Crippen molar-refractivity contribution in [2.75, 3.05) is 19.6 Å². The van der Waals surface area contributed by atoms with Crippen molar-refractivity contribution < 1.29 is 14.7 Å². The third-order valence-electron chi connectivity index (χ3n) is 4.24. The largest absolute Gasteiger partial charge is 0.481 e. The topological polar surface area (TPSA) is 69.6 Å². The van der Waals surface area contributed by atoms with E-state index < -0.39 is 11.4 Å². The van der Waals surface area contributed by atoms with Crippen LogP contribution in [-0.4, -0.2) is 41.6 Å². The fraction of sp³-hybridized carbons (Fsp3) is 0.857. The predicted molar refractivity (Wildman–Crippen MR) is 74.0 cm³/mol. The highest BCUT2D eigenvalue weighted by Gasteiger charge is 2.44. The van der Waals surface area contributed by atoms with Gasteiger partial charge in [-0.05, 0) is 25.7 Å². The van der Waals surface area contributed by atoms with Gasteiger partial charge < -0.3 is 15.3 Å². The van der Waals surface area contributed by atoms with Crippen LogP contribution in [0, 0.1) is 11.3 Å². The van der Waals surface area contributed by atoms with Crippen molar-refractivity contribution in [1.82, 2.24) is 10.2 Å². The summed E-state index contributed by atoms with van der Waals surface area (Å²) in [5.41, 5.74) is -0.717. The highest BCUT2D eigenvalue weighted by molar-refractivity contribution is 5.78. The van der Waals surface area contributed by atoms with Crippen molar-refractivity contribution in [2.24, 2.45) is 11.3 Å². The van der Waals surface area contributed by atoms with Crippen molar-refractivity contribution in [3.05, 3.63) is 0 Å². The molecule has 0 aromatic carbocycles. The first-order chi connectivity index (χ1) is 8.95. The maximum Gasteiger partial charge on any atom is 0.317 e. The SMILES string of the molecule is CCC(C)CN(CC)C(=O)NCC1(C(=O)O)CCC1. The van der Waals surface area contributed by atoms with Crippen molar-refractivity contribution in [3.8, 4) is 0 Å². The lowest BCUT2D eigenvalue weighted by atomic mass is 9.69. The lowest BCUT2D eigenvalue weighted by Gasteiger charge is -2.38. The van der Waals surface area contributed by atoms with Crippen molar-refractivity contribution in [2.45, 2.75) is 46.5 Å². The summed E-state index contributed by atoms with van der Waals surface area (Å²) in [5, 5.41) is 12.0. The Morgan fingerprint density at radius 1 is 1.37 bits per heavy atom. The van der Waals surface area contributed by atoms with Crippen LogP contribution >= 0.6 is 0 Å². The molecule has 2 amide bonds. The Balaban J connectivity index is 2.46. The van der Waals surface area contributed by atoms with Gasteiger partial charge in [-0.15, -0.1) is 0 Å². The molecule has 1 saturated carbocycles. The summed E-state index contributed by atoms with van der Waals surface area (Å²) >= 11 is 0.